The van der Waals surface area contributed by atoms with Crippen molar-refractivity contribution in [3.8, 4) is 0 Å². The molecule has 0 saturated heterocycles. The van der Waals surface area contributed by atoms with E-state index >= 15 is 0 Å². The second-order valence-electron chi connectivity index (χ2n) is 6.15. The minimum atomic E-state index is -5.82. The first-order valence-electron chi connectivity index (χ1n) is 7.66. The Labute approximate surface area is 146 Å². The monoisotopic (exact) mass is 404 g/mol. The van der Waals surface area contributed by atoms with E-state index in [2.05, 4.69) is 24.4 Å². The summed E-state index contributed by atoms with van der Waals surface area (Å²) in [5.74, 6) is -6.86. The molecule has 0 amide bonds. The molecule has 2 rings (SSSR count). The molecule has 1 heterocycles. The summed E-state index contributed by atoms with van der Waals surface area (Å²) >= 11 is 0. The highest BCUT2D eigenvalue weighted by atomic mass is 32.2. The number of aliphatic imine (C=N–C) groups is 1. The van der Waals surface area contributed by atoms with Crippen LogP contribution >= 0.6 is 0 Å². The lowest BCUT2D eigenvalue weighted by Gasteiger charge is -2.26. The summed E-state index contributed by atoms with van der Waals surface area (Å²) in [6, 6.07) is -0.676. The number of alkyl halides is 5. The third kappa shape index (κ3) is 5.43. The van der Waals surface area contributed by atoms with Crippen LogP contribution in [-0.2, 0) is 15.9 Å². The largest absolute Gasteiger partial charge is 0.461 e. The fraction of sp³-hybridized carbons (Fsp3) is 0.769. The van der Waals surface area contributed by atoms with Crippen LogP contribution in [0.4, 0.5) is 28.0 Å². The number of rotatable bonds is 6. The van der Waals surface area contributed by atoms with Gasteiger partial charge in [0.1, 0.15) is 0 Å². The third-order valence-electron chi connectivity index (χ3n) is 3.97. The summed E-state index contributed by atoms with van der Waals surface area (Å²) in [5.41, 5.74) is 0. The number of aromatic nitrogens is 2. The van der Waals surface area contributed by atoms with Crippen molar-refractivity contribution >= 4 is 22.3 Å². The molecule has 1 aliphatic rings. The number of hydrogen-bond donors (Lipinski definition) is 1. The second kappa shape index (κ2) is 7.55. The average Bonchev–Trinajstić information content (AvgIpc) is 3.00. The van der Waals surface area contributed by atoms with Crippen LogP contribution in [0.3, 0.4) is 0 Å². The van der Waals surface area contributed by atoms with Crippen molar-refractivity contribution in [3.63, 3.8) is 0 Å². The summed E-state index contributed by atoms with van der Waals surface area (Å²) in [6.45, 7) is 0.336. The normalized spacial score (nSPS) is 22.8. The molecular formula is C13H17F5N4O3S. The van der Waals surface area contributed by atoms with E-state index in [9.17, 15) is 30.4 Å². The highest BCUT2D eigenvalue weighted by molar-refractivity contribution is 7.88. The predicted molar refractivity (Wildman–Crippen MR) is 80.7 cm³/mol. The predicted octanol–water partition coefficient (Wildman–Crippen LogP) is 2.78. The highest BCUT2D eigenvalue weighted by Gasteiger charge is 2.62. The molecule has 1 aromatic heterocycles. The molecular weight excluding hydrogens is 387 g/mol. The quantitative estimate of drug-likeness (QED) is 0.581. The number of sulfonamides is 1. The molecule has 0 bridgehead atoms. The van der Waals surface area contributed by atoms with Gasteiger partial charge in [-0.15, -0.1) is 0 Å². The minimum absolute atomic E-state index is 0.0389. The molecule has 1 saturated carbocycles. The molecule has 148 valence electrons. The molecule has 0 atom stereocenters. The lowest BCUT2D eigenvalue weighted by atomic mass is 9.83. The van der Waals surface area contributed by atoms with Gasteiger partial charge in [-0.05, 0) is 37.5 Å². The Morgan fingerprint density at radius 3 is 2.38 bits per heavy atom. The molecule has 0 radical (unpaired) electrons. The lowest BCUT2D eigenvalue weighted by Crippen LogP contribution is -2.34. The molecule has 1 aliphatic carbocycles. The molecule has 13 heteroatoms. The Balaban J connectivity index is 1.88. The summed E-state index contributed by atoms with van der Waals surface area (Å²) in [4.78, 5) is 6.66. The lowest BCUT2D eigenvalue weighted by molar-refractivity contribution is -0.293. The van der Waals surface area contributed by atoms with E-state index in [1.165, 1.54) is 6.21 Å². The van der Waals surface area contributed by atoms with Gasteiger partial charge in [-0.1, -0.05) is 5.16 Å². The first-order chi connectivity index (χ1) is 11.9. The Morgan fingerprint density at radius 2 is 1.85 bits per heavy atom. The van der Waals surface area contributed by atoms with Gasteiger partial charge in [-0.25, -0.2) is 18.1 Å². The molecule has 0 spiro atoms. The van der Waals surface area contributed by atoms with E-state index in [1.807, 2.05) is 0 Å². The van der Waals surface area contributed by atoms with E-state index in [0.29, 0.717) is 19.4 Å². The fourth-order valence-electron chi connectivity index (χ4n) is 2.50. The zero-order valence-electron chi connectivity index (χ0n) is 13.6. The molecule has 26 heavy (non-hydrogen) atoms. The van der Waals surface area contributed by atoms with Crippen molar-refractivity contribution in [1.29, 1.82) is 0 Å². The van der Waals surface area contributed by atoms with Gasteiger partial charge in [0.05, 0.1) is 6.26 Å². The van der Waals surface area contributed by atoms with Crippen LogP contribution in [0.5, 0.6) is 0 Å². The number of halogens is 5. The minimum Gasteiger partial charge on any atom is -0.313 e. The Morgan fingerprint density at radius 1 is 1.23 bits per heavy atom. The van der Waals surface area contributed by atoms with E-state index in [0.717, 1.165) is 19.1 Å². The van der Waals surface area contributed by atoms with Crippen molar-refractivity contribution in [2.24, 2.45) is 16.8 Å². The molecule has 0 aromatic carbocycles. The standard InChI is InChI=1S/C13H17F5N4O3S/c1-26(23,24)20-7-9-4-2-8(3-5-9)6-19-11-21-10(22-25-11)12(14,15)13(16,17)18/h6,8-9,20H,2-5,7H2,1H3. The third-order valence-corrected chi connectivity index (χ3v) is 4.66. The fourth-order valence-corrected chi connectivity index (χ4v) is 3.04. The van der Waals surface area contributed by atoms with Crippen LogP contribution in [0.1, 0.15) is 31.5 Å². The molecule has 7 nitrogen and oxygen atoms in total. The molecule has 0 aliphatic heterocycles. The van der Waals surface area contributed by atoms with Crippen molar-refractivity contribution in [2.75, 3.05) is 12.8 Å². The van der Waals surface area contributed by atoms with E-state index in [-0.39, 0.29) is 11.8 Å². The molecule has 1 fully saturated rings. The van der Waals surface area contributed by atoms with E-state index in [4.69, 9.17) is 0 Å². The van der Waals surface area contributed by atoms with Crippen LogP contribution < -0.4 is 4.72 Å². The van der Waals surface area contributed by atoms with Crippen molar-refractivity contribution < 1.29 is 34.9 Å². The van der Waals surface area contributed by atoms with Crippen molar-refractivity contribution in [1.82, 2.24) is 14.9 Å². The summed E-state index contributed by atoms with van der Waals surface area (Å²) in [7, 11) is -3.25. The van der Waals surface area contributed by atoms with Gasteiger partial charge in [0, 0.05) is 12.8 Å². The van der Waals surface area contributed by atoms with Gasteiger partial charge in [0.2, 0.25) is 10.0 Å². The summed E-state index contributed by atoms with van der Waals surface area (Å²) < 4.78 is 91.7. The first kappa shape index (κ1) is 20.7. The number of nitrogens with one attached hydrogen (secondary N) is 1. The van der Waals surface area contributed by atoms with Crippen LogP contribution in [0.25, 0.3) is 0 Å². The number of nitrogens with zero attached hydrogens (tertiary/aromatic N) is 3. The zero-order valence-corrected chi connectivity index (χ0v) is 14.4. The highest BCUT2D eigenvalue weighted by Crippen LogP contribution is 2.42. The van der Waals surface area contributed by atoms with Gasteiger partial charge in [0.25, 0.3) is 5.82 Å². The Hall–Kier alpha value is -1.63. The first-order valence-corrected chi connectivity index (χ1v) is 9.55. The maximum atomic E-state index is 13.1. The van der Waals surface area contributed by atoms with Crippen molar-refractivity contribution in [3.05, 3.63) is 5.82 Å². The Kier molecular flexibility index (Phi) is 6.00. The molecule has 1 N–H and O–H groups in total. The summed E-state index contributed by atoms with van der Waals surface area (Å²) in [6.07, 6.45) is -0.592. The van der Waals surface area contributed by atoms with Crippen molar-refractivity contribution in [2.45, 2.75) is 37.8 Å². The van der Waals surface area contributed by atoms with E-state index in [1.54, 1.807) is 0 Å². The number of hydrogen-bond acceptors (Lipinski definition) is 6. The van der Waals surface area contributed by atoms with Gasteiger partial charge in [-0.2, -0.15) is 26.9 Å². The Bertz CT molecular complexity index is 739. The topological polar surface area (TPSA) is 97.5 Å². The van der Waals surface area contributed by atoms with Crippen LogP contribution in [0.2, 0.25) is 0 Å². The van der Waals surface area contributed by atoms with Crippen LogP contribution in [-0.4, -0.2) is 43.7 Å². The maximum absolute atomic E-state index is 13.1. The van der Waals surface area contributed by atoms with Crippen LogP contribution in [0, 0.1) is 11.8 Å². The van der Waals surface area contributed by atoms with Crippen LogP contribution in [0.15, 0.2) is 9.52 Å². The van der Waals surface area contributed by atoms with Gasteiger partial charge >= 0.3 is 18.1 Å². The zero-order chi connectivity index (χ0) is 19.6. The SMILES string of the molecule is CS(=O)(=O)NCC1CCC(C=Nc2nc(C(F)(F)C(F)(F)F)no2)CC1. The van der Waals surface area contributed by atoms with Gasteiger partial charge in [0.15, 0.2) is 0 Å². The smallest absolute Gasteiger partial charge is 0.313 e. The maximum Gasteiger partial charge on any atom is 0.461 e. The second-order valence-corrected chi connectivity index (χ2v) is 7.99. The molecule has 1 aromatic rings. The molecule has 0 unspecified atom stereocenters. The summed E-state index contributed by atoms with van der Waals surface area (Å²) in [5, 5.41) is 2.64. The van der Waals surface area contributed by atoms with E-state index < -0.39 is 34.0 Å². The van der Waals surface area contributed by atoms with Gasteiger partial charge < -0.3 is 4.52 Å². The average molecular weight is 404 g/mol. The van der Waals surface area contributed by atoms with Gasteiger partial charge in [-0.3, -0.25) is 0 Å².